The van der Waals surface area contributed by atoms with E-state index in [1.54, 1.807) is 13.8 Å². The number of hydrogen-bond acceptors (Lipinski definition) is 3. The number of alkyl halides is 3. The molecule has 0 aromatic heterocycles. The Labute approximate surface area is 126 Å². The molecule has 8 heteroatoms. The van der Waals surface area contributed by atoms with Crippen molar-refractivity contribution in [3.63, 3.8) is 0 Å². The Balaban J connectivity index is 2.85. The molecular weight excluding hydrogens is 305 g/mol. The lowest BCUT2D eigenvalue weighted by Gasteiger charge is -2.45. The van der Waals surface area contributed by atoms with Crippen molar-refractivity contribution in [2.75, 3.05) is 12.3 Å². The molecule has 21 heavy (non-hydrogen) atoms. The van der Waals surface area contributed by atoms with Crippen molar-refractivity contribution >= 4 is 23.6 Å². The van der Waals surface area contributed by atoms with E-state index in [2.05, 4.69) is 5.32 Å². The molecule has 0 spiro atoms. The quantitative estimate of drug-likeness (QED) is 0.844. The minimum atomic E-state index is -4.33. The predicted molar refractivity (Wildman–Crippen MR) is 75.7 cm³/mol. The summed E-state index contributed by atoms with van der Waals surface area (Å²) in [5, 5.41) is 2.68. The van der Waals surface area contributed by atoms with Gasteiger partial charge >= 0.3 is 5.51 Å². The minimum Gasteiger partial charge on any atom is -0.342 e. The van der Waals surface area contributed by atoms with Gasteiger partial charge in [0.2, 0.25) is 11.8 Å². The van der Waals surface area contributed by atoms with E-state index in [1.807, 2.05) is 13.8 Å². The molecule has 2 atom stereocenters. The summed E-state index contributed by atoms with van der Waals surface area (Å²) in [5.74, 6) is -0.976. The number of halogens is 3. The van der Waals surface area contributed by atoms with Crippen molar-refractivity contribution < 1.29 is 22.8 Å². The average Bonchev–Trinajstić information content (AvgIpc) is 2.36. The number of hydrogen-bond donors (Lipinski definition) is 1. The molecular formula is C13H21F3N2O2S. The summed E-state index contributed by atoms with van der Waals surface area (Å²) < 4.78 is 36.6. The Kier molecular flexibility index (Phi) is 5.57. The van der Waals surface area contributed by atoms with Crippen LogP contribution in [0.5, 0.6) is 0 Å². The molecule has 122 valence electrons. The zero-order chi connectivity index (χ0) is 16.4. The van der Waals surface area contributed by atoms with Gasteiger partial charge in [0.1, 0.15) is 11.6 Å². The van der Waals surface area contributed by atoms with Gasteiger partial charge in [-0.1, -0.05) is 20.3 Å². The molecule has 0 radical (unpaired) electrons. The maximum atomic E-state index is 12.5. The number of rotatable bonds is 5. The number of piperazine rings is 1. The maximum absolute atomic E-state index is 12.5. The zero-order valence-electron chi connectivity index (χ0n) is 12.6. The van der Waals surface area contributed by atoms with E-state index in [0.717, 1.165) is 0 Å². The first-order chi connectivity index (χ1) is 9.50. The van der Waals surface area contributed by atoms with E-state index in [-0.39, 0.29) is 41.8 Å². The summed E-state index contributed by atoms with van der Waals surface area (Å²) in [4.78, 5) is 25.9. The number of amides is 2. The lowest BCUT2D eigenvalue weighted by atomic mass is 9.89. The van der Waals surface area contributed by atoms with Crippen LogP contribution < -0.4 is 5.32 Å². The van der Waals surface area contributed by atoms with E-state index < -0.39 is 17.1 Å². The molecule has 0 aliphatic carbocycles. The highest BCUT2D eigenvalue weighted by Gasteiger charge is 2.47. The lowest BCUT2D eigenvalue weighted by molar-refractivity contribution is -0.156. The van der Waals surface area contributed by atoms with Crippen molar-refractivity contribution in [3.8, 4) is 0 Å². The third kappa shape index (κ3) is 4.28. The van der Waals surface area contributed by atoms with Gasteiger partial charge in [0.15, 0.2) is 0 Å². The first-order valence-corrected chi connectivity index (χ1v) is 7.82. The number of thioether (sulfide) groups is 1. The predicted octanol–water partition coefficient (Wildman–Crippen LogP) is 2.39. The summed E-state index contributed by atoms with van der Waals surface area (Å²) >= 11 is -0.179. The molecule has 1 rings (SSSR count). The van der Waals surface area contributed by atoms with Gasteiger partial charge in [0.05, 0.1) is 0 Å². The Bertz CT molecular complexity index is 413. The Hall–Kier alpha value is -0.920. The fraction of sp³-hybridized carbons (Fsp3) is 0.846. The van der Waals surface area contributed by atoms with Crippen LogP contribution in [0.1, 0.15) is 34.1 Å². The highest BCUT2D eigenvalue weighted by molar-refractivity contribution is 8.00. The van der Waals surface area contributed by atoms with Gasteiger partial charge in [-0.3, -0.25) is 9.59 Å². The van der Waals surface area contributed by atoms with Gasteiger partial charge in [-0.15, -0.1) is 0 Å². The standard InChI is InChI=1S/C13H21F3N2O2S/c1-5-8(2)9-10(19)18(6-7-21-13(14,15)16)12(3,4)11(20)17-9/h8-9H,5-7H2,1-4H3,(H,17,20). The second-order valence-corrected chi connectivity index (χ2v) is 6.84. The molecule has 2 amide bonds. The van der Waals surface area contributed by atoms with Crippen molar-refractivity contribution in [2.45, 2.75) is 51.2 Å². The molecule has 1 aliphatic rings. The first kappa shape index (κ1) is 18.1. The molecule has 0 saturated carbocycles. The average molecular weight is 326 g/mol. The van der Waals surface area contributed by atoms with Crippen LogP contribution in [0.3, 0.4) is 0 Å². The summed E-state index contributed by atoms with van der Waals surface area (Å²) in [7, 11) is 0. The normalized spacial score (nSPS) is 24.0. The number of carbonyl (C=O) groups excluding carboxylic acids is 2. The third-order valence-electron chi connectivity index (χ3n) is 3.84. The molecule has 1 aliphatic heterocycles. The summed E-state index contributed by atoms with van der Waals surface area (Å²) in [5.41, 5.74) is -5.46. The Morgan fingerprint density at radius 3 is 2.43 bits per heavy atom. The van der Waals surface area contributed by atoms with E-state index in [1.165, 1.54) is 4.90 Å². The van der Waals surface area contributed by atoms with Crippen molar-refractivity contribution in [1.29, 1.82) is 0 Å². The summed E-state index contributed by atoms with van der Waals surface area (Å²) in [6, 6.07) is -0.661. The highest BCUT2D eigenvalue weighted by atomic mass is 32.2. The van der Waals surface area contributed by atoms with Gasteiger partial charge in [-0.25, -0.2) is 0 Å². The fourth-order valence-corrected chi connectivity index (χ4v) is 2.71. The third-order valence-corrected chi connectivity index (χ3v) is 4.56. The number of nitrogens with zero attached hydrogens (tertiary/aromatic N) is 1. The first-order valence-electron chi connectivity index (χ1n) is 6.83. The monoisotopic (exact) mass is 326 g/mol. The van der Waals surface area contributed by atoms with Crippen LogP contribution in [-0.4, -0.2) is 46.1 Å². The molecule has 0 aromatic carbocycles. The Morgan fingerprint density at radius 2 is 1.95 bits per heavy atom. The smallest absolute Gasteiger partial charge is 0.342 e. The van der Waals surface area contributed by atoms with Crippen LogP contribution in [-0.2, 0) is 9.59 Å². The zero-order valence-corrected chi connectivity index (χ0v) is 13.4. The van der Waals surface area contributed by atoms with Crippen molar-refractivity contribution in [3.05, 3.63) is 0 Å². The van der Waals surface area contributed by atoms with Crippen LogP contribution in [0, 0.1) is 5.92 Å². The van der Waals surface area contributed by atoms with Gasteiger partial charge < -0.3 is 10.2 Å². The van der Waals surface area contributed by atoms with E-state index in [9.17, 15) is 22.8 Å². The van der Waals surface area contributed by atoms with Gasteiger partial charge in [-0.05, 0) is 31.5 Å². The molecule has 4 nitrogen and oxygen atoms in total. The SMILES string of the molecule is CCC(C)C1NC(=O)C(C)(C)N(CCSC(F)(F)F)C1=O. The fourth-order valence-electron chi connectivity index (χ4n) is 2.21. The molecule has 2 unspecified atom stereocenters. The van der Waals surface area contributed by atoms with Crippen LogP contribution in [0.15, 0.2) is 0 Å². The lowest BCUT2D eigenvalue weighted by Crippen LogP contribution is -2.69. The molecule has 1 heterocycles. The molecule has 0 bridgehead atoms. The van der Waals surface area contributed by atoms with E-state index >= 15 is 0 Å². The van der Waals surface area contributed by atoms with Crippen molar-refractivity contribution in [2.24, 2.45) is 5.92 Å². The van der Waals surface area contributed by atoms with E-state index in [4.69, 9.17) is 0 Å². The van der Waals surface area contributed by atoms with E-state index in [0.29, 0.717) is 6.42 Å². The molecule has 1 fully saturated rings. The van der Waals surface area contributed by atoms with Crippen molar-refractivity contribution in [1.82, 2.24) is 10.2 Å². The second kappa shape index (κ2) is 6.46. The van der Waals surface area contributed by atoms with Crippen LogP contribution >= 0.6 is 11.8 Å². The highest BCUT2D eigenvalue weighted by Crippen LogP contribution is 2.31. The number of carbonyl (C=O) groups is 2. The maximum Gasteiger partial charge on any atom is 0.441 e. The molecule has 1 N–H and O–H groups in total. The van der Waals surface area contributed by atoms with Crippen LogP contribution in [0.25, 0.3) is 0 Å². The topological polar surface area (TPSA) is 49.4 Å². The molecule has 1 saturated heterocycles. The van der Waals surface area contributed by atoms with Gasteiger partial charge in [-0.2, -0.15) is 13.2 Å². The van der Waals surface area contributed by atoms with Gasteiger partial charge in [0.25, 0.3) is 0 Å². The number of nitrogens with one attached hydrogen (secondary N) is 1. The summed E-state index contributed by atoms with van der Waals surface area (Å²) in [6.45, 7) is 6.73. The van der Waals surface area contributed by atoms with Gasteiger partial charge in [0, 0.05) is 12.3 Å². The van der Waals surface area contributed by atoms with Crippen LogP contribution in [0.4, 0.5) is 13.2 Å². The Morgan fingerprint density at radius 1 is 1.38 bits per heavy atom. The summed E-state index contributed by atoms with van der Waals surface area (Å²) in [6.07, 6.45) is 0.697. The minimum absolute atomic E-state index is 0.0599. The largest absolute Gasteiger partial charge is 0.441 e. The second-order valence-electron chi connectivity index (χ2n) is 5.68. The van der Waals surface area contributed by atoms with Crippen LogP contribution in [0.2, 0.25) is 0 Å². The molecule has 0 aromatic rings.